The van der Waals surface area contributed by atoms with E-state index in [0.29, 0.717) is 0 Å². The molecular weight excluding hydrogens is 441 g/mol. The molecule has 2 heterocycles. The van der Waals surface area contributed by atoms with Crippen LogP contribution >= 0.6 is 24.0 Å². The van der Waals surface area contributed by atoms with Crippen LogP contribution in [0.1, 0.15) is 5.76 Å². The molecular formula is C19H24IN5O. The van der Waals surface area contributed by atoms with Crippen LogP contribution < -0.4 is 16.0 Å². The Labute approximate surface area is 170 Å². The van der Waals surface area contributed by atoms with E-state index in [1.54, 1.807) is 13.3 Å². The third-order valence-corrected chi connectivity index (χ3v) is 3.79. The van der Waals surface area contributed by atoms with Crippen LogP contribution in [0.2, 0.25) is 0 Å². The number of guanidine groups is 1. The number of pyridine rings is 1. The molecule has 0 aliphatic heterocycles. The van der Waals surface area contributed by atoms with Gasteiger partial charge in [-0.3, -0.25) is 4.99 Å². The molecule has 0 aliphatic rings. The van der Waals surface area contributed by atoms with Crippen molar-refractivity contribution >= 4 is 46.7 Å². The normalized spacial score (nSPS) is 11.0. The maximum absolute atomic E-state index is 5.31. The molecule has 0 radical (unpaired) electrons. The van der Waals surface area contributed by atoms with Gasteiger partial charge in [0, 0.05) is 38.5 Å². The van der Waals surface area contributed by atoms with Crippen LogP contribution in [0.15, 0.2) is 64.2 Å². The minimum atomic E-state index is 0. The summed E-state index contributed by atoms with van der Waals surface area (Å²) in [5.41, 5.74) is 0.996. The third-order valence-electron chi connectivity index (χ3n) is 3.79. The van der Waals surface area contributed by atoms with E-state index in [9.17, 15) is 0 Å². The predicted molar refractivity (Wildman–Crippen MR) is 117 cm³/mol. The number of aromatic nitrogens is 1. The van der Waals surface area contributed by atoms with Gasteiger partial charge in [0.25, 0.3) is 0 Å². The number of benzene rings is 1. The maximum Gasteiger partial charge on any atom is 0.191 e. The van der Waals surface area contributed by atoms with E-state index < -0.39 is 0 Å². The lowest BCUT2D eigenvalue weighted by Gasteiger charge is -2.12. The summed E-state index contributed by atoms with van der Waals surface area (Å²) in [6.45, 7) is 2.27. The Balaban J connectivity index is 0.00000243. The van der Waals surface area contributed by atoms with E-state index >= 15 is 0 Å². The van der Waals surface area contributed by atoms with Crippen molar-refractivity contribution in [2.45, 2.75) is 6.42 Å². The van der Waals surface area contributed by atoms with Crippen molar-refractivity contribution in [2.24, 2.45) is 4.99 Å². The van der Waals surface area contributed by atoms with Gasteiger partial charge in [0.1, 0.15) is 11.6 Å². The summed E-state index contributed by atoms with van der Waals surface area (Å²) in [5, 5.41) is 11.0. The molecule has 0 unspecified atom stereocenters. The van der Waals surface area contributed by atoms with Crippen LogP contribution in [0.25, 0.3) is 10.9 Å². The molecule has 2 aromatic heterocycles. The van der Waals surface area contributed by atoms with Gasteiger partial charge in [-0.05, 0) is 30.3 Å². The number of fused-ring (bicyclic) bond motifs is 1. The first kappa shape index (κ1) is 20.0. The van der Waals surface area contributed by atoms with E-state index in [2.05, 4.69) is 38.1 Å². The fraction of sp³-hybridized carbons (Fsp3) is 0.263. The Kier molecular flexibility index (Phi) is 8.20. The highest BCUT2D eigenvalue weighted by atomic mass is 127. The first-order valence-corrected chi connectivity index (χ1v) is 8.42. The standard InChI is InChI=1S/C19H23N5O.HI/c1-20-19(22-11-10-16-6-4-14-25-16)23-13-12-21-18-9-8-15-5-2-3-7-17(15)24-18;/h2-9,14H,10-13H2,1H3,(H,21,24)(H2,20,22,23);1H. The zero-order valence-corrected chi connectivity index (χ0v) is 17.1. The number of aliphatic imine (C=N–C) groups is 1. The zero-order valence-electron chi connectivity index (χ0n) is 14.7. The van der Waals surface area contributed by atoms with Crippen molar-refractivity contribution in [3.8, 4) is 0 Å². The molecule has 0 bridgehead atoms. The van der Waals surface area contributed by atoms with Crippen LogP contribution in [-0.4, -0.2) is 37.6 Å². The lowest BCUT2D eigenvalue weighted by Crippen LogP contribution is -2.40. The molecule has 0 spiro atoms. The molecule has 1 aromatic carbocycles. The number of furan rings is 1. The molecule has 3 N–H and O–H groups in total. The second-order valence-corrected chi connectivity index (χ2v) is 5.57. The first-order chi connectivity index (χ1) is 12.3. The number of nitrogens with one attached hydrogen (secondary N) is 3. The second kappa shape index (κ2) is 10.6. The molecule has 0 fully saturated rings. The number of hydrogen-bond donors (Lipinski definition) is 3. The van der Waals surface area contributed by atoms with Gasteiger partial charge in [0.2, 0.25) is 0 Å². The fourth-order valence-electron chi connectivity index (χ4n) is 2.52. The largest absolute Gasteiger partial charge is 0.469 e. The van der Waals surface area contributed by atoms with Crippen molar-refractivity contribution in [3.05, 3.63) is 60.6 Å². The predicted octanol–water partition coefficient (Wildman–Crippen LogP) is 3.27. The van der Waals surface area contributed by atoms with Gasteiger partial charge in [0.15, 0.2) is 5.96 Å². The summed E-state index contributed by atoms with van der Waals surface area (Å²) < 4.78 is 5.31. The highest BCUT2D eigenvalue weighted by Gasteiger charge is 2.00. The molecule has 26 heavy (non-hydrogen) atoms. The Morgan fingerprint density at radius 2 is 1.85 bits per heavy atom. The number of rotatable bonds is 7. The first-order valence-electron chi connectivity index (χ1n) is 8.42. The minimum Gasteiger partial charge on any atom is -0.469 e. The molecule has 138 valence electrons. The van der Waals surface area contributed by atoms with Crippen molar-refractivity contribution in [1.29, 1.82) is 0 Å². The van der Waals surface area contributed by atoms with E-state index in [4.69, 9.17) is 4.42 Å². The van der Waals surface area contributed by atoms with Crippen molar-refractivity contribution in [1.82, 2.24) is 15.6 Å². The molecule has 0 atom stereocenters. The average Bonchev–Trinajstić information content (AvgIpc) is 3.17. The Morgan fingerprint density at radius 1 is 1.00 bits per heavy atom. The van der Waals surface area contributed by atoms with E-state index in [0.717, 1.165) is 54.5 Å². The number of hydrogen-bond acceptors (Lipinski definition) is 4. The molecule has 0 saturated carbocycles. The van der Waals surface area contributed by atoms with Gasteiger partial charge >= 0.3 is 0 Å². The molecule has 7 heteroatoms. The van der Waals surface area contributed by atoms with Gasteiger partial charge in [-0.1, -0.05) is 18.2 Å². The zero-order chi connectivity index (χ0) is 17.3. The highest BCUT2D eigenvalue weighted by Crippen LogP contribution is 2.14. The summed E-state index contributed by atoms with van der Waals surface area (Å²) >= 11 is 0. The quantitative estimate of drug-likeness (QED) is 0.216. The Bertz CT molecular complexity index is 820. The lowest BCUT2D eigenvalue weighted by atomic mass is 10.2. The lowest BCUT2D eigenvalue weighted by molar-refractivity contribution is 0.507. The van der Waals surface area contributed by atoms with Crippen molar-refractivity contribution in [2.75, 3.05) is 32.0 Å². The van der Waals surface area contributed by atoms with Gasteiger partial charge in [0.05, 0.1) is 11.8 Å². The smallest absolute Gasteiger partial charge is 0.191 e. The van der Waals surface area contributed by atoms with Crippen molar-refractivity contribution < 1.29 is 4.42 Å². The van der Waals surface area contributed by atoms with Crippen LogP contribution in [0.5, 0.6) is 0 Å². The topological polar surface area (TPSA) is 74.5 Å². The minimum absolute atomic E-state index is 0. The van der Waals surface area contributed by atoms with Crippen LogP contribution in [0, 0.1) is 0 Å². The number of nitrogens with zero attached hydrogens (tertiary/aromatic N) is 2. The Hall–Kier alpha value is -2.29. The number of para-hydroxylation sites is 1. The van der Waals surface area contributed by atoms with Crippen LogP contribution in [0.4, 0.5) is 5.82 Å². The fourth-order valence-corrected chi connectivity index (χ4v) is 2.52. The van der Waals surface area contributed by atoms with Gasteiger partial charge < -0.3 is 20.4 Å². The maximum atomic E-state index is 5.31. The molecule has 0 aliphatic carbocycles. The third kappa shape index (κ3) is 5.91. The van der Waals surface area contributed by atoms with Crippen LogP contribution in [0.3, 0.4) is 0 Å². The van der Waals surface area contributed by atoms with E-state index in [-0.39, 0.29) is 24.0 Å². The van der Waals surface area contributed by atoms with E-state index in [1.165, 1.54) is 0 Å². The molecule has 0 saturated heterocycles. The molecule has 6 nitrogen and oxygen atoms in total. The van der Waals surface area contributed by atoms with Gasteiger partial charge in [-0.25, -0.2) is 4.98 Å². The Morgan fingerprint density at radius 3 is 2.65 bits per heavy atom. The number of halogens is 1. The van der Waals surface area contributed by atoms with E-state index in [1.807, 2.05) is 36.4 Å². The monoisotopic (exact) mass is 465 g/mol. The summed E-state index contributed by atoms with van der Waals surface area (Å²) in [5.74, 6) is 2.62. The second-order valence-electron chi connectivity index (χ2n) is 5.57. The van der Waals surface area contributed by atoms with Gasteiger partial charge in [-0.2, -0.15) is 0 Å². The SMILES string of the molecule is CN=C(NCCNc1ccc2ccccc2n1)NCCc1ccco1.I. The summed E-state index contributed by atoms with van der Waals surface area (Å²) in [6, 6.07) is 16.0. The van der Waals surface area contributed by atoms with Crippen LogP contribution in [-0.2, 0) is 6.42 Å². The summed E-state index contributed by atoms with van der Waals surface area (Å²) in [4.78, 5) is 8.81. The summed E-state index contributed by atoms with van der Waals surface area (Å²) in [7, 11) is 1.76. The average molecular weight is 465 g/mol. The van der Waals surface area contributed by atoms with Crippen molar-refractivity contribution in [3.63, 3.8) is 0 Å². The number of anilines is 1. The van der Waals surface area contributed by atoms with Gasteiger partial charge in [-0.15, -0.1) is 24.0 Å². The summed E-state index contributed by atoms with van der Waals surface area (Å²) in [6.07, 6.45) is 2.52. The molecule has 3 rings (SSSR count). The highest BCUT2D eigenvalue weighted by molar-refractivity contribution is 14.0. The molecule has 0 amide bonds. The molecule has 3 aromatic rings.